The van der Waals surface area contributed by atoms with Gasteiger partial charge >= 0.3 is 0 Å². The third-order valence-electron chi connectivity index (χ3n) is 2.88. The summed E-state index contributed by atoms with van der Waals surface area (Å²) in [5.74, 6) is -17.0. The first-order valence-corrected chi connectivity index (χ1v) is 5.74. The Morgan fingerprint density at radius 1 is 0.609 bits per heavy atom. The maximum absolute atomic E-state index is 14.0. The lowest BCUT2D eigenvalue weighted by molar-refractivity contribution is 0.332. The van der Waals surface area contributed by atoms with Gasteiger partial charge < -0.3 is 9.47 Å². The van der Waals surface area contributed by atoms with Crippen LogP contribution in [0.25, 0.3) is 11.1 Å². The molecular formula is C13H6F7NO2. The number of methoxy groups -OCH3 is 2. The van der Waals surface area contributed by atoms with Gasteiger partial charge in [-0.3, -0.25) is 0 Å². The van der Waals surface area contributed by atoms with E-state index in [0.29, 0.717) is 0 Å². The summed E-state index contributed by atoms with van der Waals surface area (Å²) in [5.41, 5.74) is -3.50. The Morgan fingerprint density at radius 2 is 1.09 bits per heavy atom. The first-order valence-electron chi connectivity index (χ1n) is 5.74. The molecule has 0 unspecified atom stereocenters. The van der Waals surface area contributed by atoms with Gasteiger partial charge in [-0.2, -0.15) is 18.2 Å². The van der Waals surface area contributed by atoms with Crippen LogP contribution in [0, 0.1) is 40.9 Å². The lowest BCUT2D eigenvalue weighted by Gasteiger charge is -2.13. The topological polar surface area (TPSA) is 31.4 Å². The SMILES string of the molecule is COc1nc(F)c(F)c(-c2c(F)c(F)c(OC)c(F)c2F)c1F. The Balaban J connectivity index is 2.97. The summed E-state index contributed by atoms with van der Waals surface area (Å²) in [6.07, 6.45) is 0. The summed E-state index contributed by atoms with van der Waals surface area (Å²) in [7, 11) is 1.53. The number of benzene rings is 1. The van der Waals surface area contributed by atoms with Gasteiger partial charge in [-0.1, -0.05) is 0 Å². The zero-order chi connectivity index (χ0) is 17.5. The molecule has 0 aliphatic carbocycles. The molecule has 23 heavy (non-hydrogen) atoms. The number of nitrogens with zero attached hydrogens (tertiary/aromatic N) is 1. The van der Waals surface area contributed by atoms with E-state index >= 15 is 0 Å². The second-order valence-electron chi connectivity index (χ2n) is 4.08. The van der Waals surface area contributed by atoms with Gasteiger partial charge in [-0.25, -0.2) is 17.6 Å². The van der Waals surface area contributed by atoms with E-state index in [9.17, 15) is 30.7 Å². The molecule has 3 nitrogen and oxygen atoms in total. The van der Waals surface area contributed by atoms with E-state index in [1.54, 1.807) is 0 Å². The van der Waals surface area contributed by atoms with Crippen LogP contribution < -0.4 is 9.47 Å². The van der Waals surface area contributed by atoms with Crippen LogP contribution in [0.4, 0.5) is 30.7 Å². The van der Waals surface area contributed by atoms with Crippen LogP contribution in [0.3, 0.4) is 0 Å². The van der Waals surface area contributed by atoms with Crippen LogP contribution in [0.15, 0.2) is 0 Å². The fourth-order valence-electron chi connectivity index (χ4n) is 1.86. The molecule has 0 aliphatic heterocycles. The smallest absolute Gasteiger partial charge is 0.253 e. The summed E-state index contributed by atoms with van der Waals surface area (Å²) >= 11 is 0. The molecule has 0 saturated carbocycles. The molecule has 0 saturated heterocycles. The number of aromatic nitrogens is 1. The molecule has 10 heteroatoms. The van der Waals surface area contributed by atoms with Gasteiger partial charge in [0.05, 0.1) is 25.3 Å². The van der Waals surface area contributed by atoms with E-state index in [2.05, 4.69) is 14.5 Å². The lowest BCUT2D eigenvalue weighted by Crippen LogP contribution is -2.09. The van der Waals surface area contributed by atoms with Crippen LogP contribution in [-0.4, -0.2) is 19.2 Å². The molecule has 0 bridgehead atoms. The van der Waals surface area contributed by atoms with Crippen molar-refractivity contribution in [2.75, 3.05) is 14.2 Å². The third kappa shape index (κ3) is 2.43. The maximum atomic E-state index is 14.0. The van der Waals surface area contributed by atoms with Crippen LogP contribution in [0.5, 0.6) is 11.6 Å². The van der Waals surface area contributed by atoms with Gasteiger partial charge in [-0.15, -0.1) is 0 Å². The fourth-order valence-corrected chi connectivity index (χ4v) is 1.86. The average Bonchev–Trinajstić information content (AvgIpc) is 2.52. The van der Waals surface area contributed by atoms with Gasteiger partial charge in [-0.05, 0) is 0 Å². The molecule has 0 fully saturated rings. The Hall–Kier alpha value is -2.52. The molecule has 1 aromatic heterocycles. The highest BCUT2D eigenvalue weighted by Crippen LogP contribution is 2.39. The predicted molar refractivity (Wildman–Crippen MR) is 62.5 cm³/mol. The van der Waals surface area contributed by atoms with Crippen molar-refractivity contribution in [3.05, 3.63) is 40.9 Å². The number of ether oxygens (including phenoxy) is 2. The molecule has 0 amide bonds. The Kier molecular flexibility index (Phi) is 4.35. The van der Waals surface area contributed by atoms with Crippen LogP contribution in [0.1, 0.15) is 0 Å². The van der Waals surface area contributed by atoms with Gasteiger partial charge in [0.1, 0.15) is 0 Å². The summed E-state index contributed by atoms with van der Waals surface area (Å²) < 4.78 is 105. The standard InChI is InChI=1S/C13H6F7NO2/c1-22-11-9(18)5(14)3(6(15)10(11)19)4-7(16)12(20)21-13(23-2)8(4)17/h1-2H3. The first kappa shape index (κ1) is 16.8. The minimum absolute atomic E-state index is 0.719. The molecule has 0 N–H and O–H groups in total. The molecule has 0 atom stereocenters. The van der Waals surface area contributed by atoms with E-state index in [4.69, 9.17) is 0 Å². The van der Waals surface area contributed by atoms with Crippen LogP contribution in [0.2, 0.25) is 0 Å². The van der Waals surface area contributed by atoms with E-state index in [1.807, 2.05) is 0 Å². The quantitative estimate of drug-likeness (QED) is 0.484. The normalized spacial score (nSPS) is 10.8. The number of rotatable bonds is 3. The maximum Gasteiger partial charge on any atom is 0.253 e. The molecule has 0 spiro atoms. The monoisotopic (exact) mass is 341 g/mol. The number of hydrogen-bond donors (Lipinski definition) is 0. The number of hydrogen-bond acceptors (Lipinski definition) is 3. The second-order valence-corrected chi connectivity index (χ2v) is 4.08. The minimum atomic E-state index is -2.17. The minimum Gasteiger partial charge on any atom is -0.491 e. The van der Waals surface area contributed by atoms with E-state index in [-0.39, 0.29) is 0 Å². The largest absolute Gasteiger partial charge is 0.491 e. The zero-order valence-corrected chi connectivity index (χ0v) is 11.4. The van der Waals surface area contributed by atoms with Crippen molar-refractivity contribution in [2.45, 2.75) is 0 Å². The van der Waals surface area contributed by atoms with Crippen molar-refractivity contribution in [1.82, 2.24) is 4.98 Å². The van der Waals surface area contributed by atoms with Crippen molar-refractivity contribution in [2.24, 2.45) is 0 Å². The highest BCUT2D eigenvalue weighted by Gasteiger charge is 2.33. The molecular weight excluding hydrogens is 335 g/mol. The third-order valence-corrected chi connectivity index (χ3v) is 2.88. The van der Waals surface area contributed by atoms with E-state index in [0.717, 1.165) is 14.2 Å². The van der Waals surface area contributed by atoms with Crippen molar-refractivity contribution in [3.8, 4) is 22.8 Å². The Morgan fingerprint density at radius 3 is 1.52 bits per heavy atom. The van der Waals surface area contributed by atoms with Gasteiger partial charge in [0.15, 0.2) is 29.0 Å². The molecule has 1 heterocycles. The van der Waals surface area contributed by atoms with E-state index < -0.39 is 63.6 Å². The molecule has 0 radical (unpaired) electrons. The van der Waals surface area contributed by atoms with Crippen molar-refractivity contribution < 1.29 is 40.2 Å². The van der Waals surface area contributed by atoms with E-state index in [1.165, 1.54) is 0 Å². The summed E-state index contributed by atoms with van der Waals surface area (Å²) in [6, 6.07) is 0. The fraction of sp³-hybridized carbons (Fsp3) is 0.154. The molecule has 0 aliphatic rings. The summed E-state index contributed by atoms with van der Waals surface area (Å²) in [4.78, 5) is 2.72. The van der Waals surface area contributed by atoms with Crippen LogP contribution in [-0.2, 0) is 0 Å². The molecule has 124 valence electrons. The van der Waals surface area contributed by atoms with Gasteiger partial charge in [0.2, 0.25) is 11.6 Å². The number of pyridine rings is 1. The van der Waals surface area contributed by atoms with Crippen molar-refractivity contribution in [1.29, 1.82) is 0 Å². The zero-order valence-electron chi connectivity index (χ0n) is 11.4. The van der Waals surface area contributed by atoms with Crippen LogP contribution >= 0.6 is 0 Å². The summed E-state index contributed by atoms with van der Waals surface area (Å²) in [5, 5.41) is 0. The van der Waals surface area contributed by atoms with Crippen molar-refractivity contribution in [3.63, 3.8) is 0 Å². The van der Waals surface area contributed by atoms with Gasteiger partial charge in [0.25, 0.3) is 11.8 Å². The predicted octanol–water partition coefficient (Wildman–Crippen LogP) is 3.74. The first-order chi connectivity index (χ1) is 10.8. The highest BCUT2D eigenvalue weighted by atomic mass is 19.2. The average molecular weight is 341 g/mol. The Bertz CT molecular complexity index is 766. The summed E-state index contributed by atoms with van der Waals surface area (Å²) in [6.45, 7) is 0. The lowest BCUT2D eigenvalue weighted by atomic mass is 10.0. The molecule has 2 rings (SSSR count). The highest BCUT2D eigenvalue weighted by molar-refractivity contribution is 5.68. The molecule has 2 aromatic rings. The second kappa shape index (κ2) is 5.94. The number of halogens is 7. The Labute approximate surface area is 124 Å². The van der Waals surface area contributed by atoms with Gasteiger partial charge in [0, 0.05) is 0 Å². The van der Waals surface area contributed by atoms with Crippen molar-refractivity contribution >= 4 is 0 Å². The molecule has 1 aromatic carbocycles.